The summed E-state index contributed by atoms with van der Waals surface area (Å²) in [4.78, 5) is 18.8. The normalized spacial score (nSPS) is 18.2. The summed E-state index contributed by atoms with van der Waals surface area (Å²) in [6, 6.07) is 10.0. The molecular formula is C18H23N3O2. The number of rotatable bonds is 2. The van der Waals surface area contributed by atoms with Gasteiger partial charge in [-0.1, -0.05) is 30.3 Å². The molecule has 1 aliphatic rings. The van der Waals surface area contributed by atoms with E-state index in [2.05, 4.69) is 9.55 Å². The van der Waals surface area contributed by atoms with Crippen LogP contribution in [0.3, 0.4) is 0 Å². The molecule has 1 amide bonds. The van der Waals surface area contributed by atoms with E-state index >= 15 is 0 Å². The Kier molecular flexibility index (Phi) is 4.11. The van der Waals surface area contributed by atoms with E-state index in [1.165, 1.54) is 0 Å². The fraction of sp³-hybridized carbons (Fsp3) is 0.444. The molecule has 1 saturated heterocycles. The number of aromatic nitrogens is 2. The van der Waals surface area contributed by atoms with Crippen LogP contribution in [0.4, 0.5) is 4.79 Å². The topological polar surface area (TPSA) is 47.4 Å². The number of carbonyl (C=O) groups excluding carboxylic acids is 1. The lowest BCUT2D eigenvalue weighted by Gasteiger charge is -2.30. The molecule has 122 valence electrons. The third kappa shape index (κ3) is 3.38. The van der Waals surface area contributed by atoms with Crippen LogP contribution in [-0.4, -0.2) is 32.7 Å². The zero-order chi connectivity index (χ0) is 16.4. The van der Waals surface area contributed by atoms with Crippen molar-refractivity contribution in [3.8, 4) is 11.4 Å². The lowest BCUT2D eigenvalue weighted by molar-refractivity contribution is 0.0165. The highest BCUT2D eigenvalue weighted by Crippen LogP contribution is 2.32. The molecule has 3 rings (SSSR count). The Morgan fingerprint density at radius 3 is 2.70 bits per heavy atom. The van der Waals surface area contributed by atoms with Crippen LogP contribution in [0, 0.1) is 0 Å². The summed E-state index contributed by atoms with van der Waals surface area (Å²) in [7, 11) is 0. The van der Waals surface area contributed by atoms with Gasteiger partial charge in [0, 0.05) is 24.5 Å². The Hall–Kier alpha value is -2.30. The van der Waals surface area contributed by atoms with E-state index in [0.29, 0.717) is 6.54 Å². The number of likely N-dealkylation sites (tertiary alicyclic amines) is 1. The molecule has 23 heavy (non-hydrogen) atoms. The molecule has 1 aliphatic heterocycles. The van der Waals surface area contributed by atoms with E-state index in [1.807, 2.05) is 57.3 Å². The molecule has 1 aromatic heterocycles. The van der Waals surface area contributed by atoms with Crippen LogP contribution in [0.15, 0.2) is 42.7 Å². The Morgan fingerprint density at radius 2 is 2.00 bits per heavy atom. The van der Waals surface area contributed by atoms with Crippen molar-refractivity contribution in [1.82, 2.24) is 14.5 Å². The van der Waals surface area contributed by atoms with Crippen molar-refractivity contribution < 1.29 is 9.53 Å². The maximum atomic E-state index is 12.5. The van der Waals surface area contributed by atoms with Crippen molar-refractivity contribution in [1.29, 1.82) is 0 Å². The van der Waals surface area contributed by atoms with E-state index in [1.54, 1.807) is 11.1 Å². The molecule has 0 aliphatic carbocycles. The Balaban J connectivity index is 1.87. The lowest BCUT2D eigenvalue weighted by Crippen LogP contribution is -2.38. The highest BCUT2D eigenvalue weighted by Gasteiger charge is 2.34. The number of imidazole rings is 1. The molecule has 2 heterocycles. The van der Waals surface area contributed by atoms with Crippen LogP contribution in [0.5, 0.6) is 0 Å². The number of amides is 1. The molecular weight excluding hydrogens is 290 g/mol. The van der Waals surface area contributed by atoms with Gasteiger partial charge in [-0.2, -0.15) is 0 Å². The van der Waals surface area contributed by atoms with E-state index in [0.717, 1.165) is 24.2 Å². The van der Waals surface area contributed by atoms with E-state index < -0.39 is 5.60 Å². The Labute approximate surface area is 136 Å². The minimum atomic E-state index is -0.485. The number of carbonyl (C=O) groups is 1. The fourth-order valence-electron chi connectivity index (χ4n) is 2.94. The number of nitrogens with zero attached hydrogens (tertiary/aromatic N) is 3. The lowest BCUT2D eigenvalue weighted by atomic mass is 10.2. The molecule has 0 bridgehead atoms. The Bertz CT molecular complexity index is 673. The first-order chi connectivity index (χ1) is 11.0. The van der Waals surface area contributed by atoms with Gasteiger partial charge in [0.15, 0.2) is 0 Å². The monoisotopic (exact) mass is 313 g/mol. The van der Waals surface area contributed by atoms with Gasteiger partial charge in [0.1, 0.15) is 17.6 Å². The first-order valence-corrected chi connectivity index (χ1v) is 8.03. The molecule has 0 spiro atoms. The predicted molar refractivity (Wildman–Crippen MR) is 88.9 cm³/mol. The van der Waals surface area contributed by atoms with Crippen LogP contribution in [0.1, 0.15) is 39.8 Å². The molecule has 0 N–H and O–H groups in total. The quantitative estimate of drug-likeness (QED) is 0.839. The summed E-state index contributed by atoms with van der Waals surface area (Å²) in [6.07, 6.45) is 5.31. The second-order valence-corrected chi connectivity index (χ2v) is 6.82. The number of benzene rings is 1. The van der Waals surface area contributed by atoms with E-state index in [9.17, 15) is 4.79 Å². The summed E-state index contributed by atoms with van der Waals surface area (Å²) in [5, 5.41) is 0. The van der Waals surface area contributed by atoms with Crippen molar-refractivity contribution >= 4 is 6.09 Å². The van der Waals surface area contributed by atoms with Gasteiger partial charge in [0.2, 0.25) is 0 Å². The van der Waals surface area contributed by atoms with Gasteiger partial charge in [-0.3, -0.25) is 4.90 Å². The first-order valence-electron chi connectivity index (χ1n) is 8.03. The van der Waals surface area contributed by atoms with Gasteiger partial charge in [-0.05, 0) is 33.6 Å². The van der Waals surface area contributed by atoms with Gasteiger partial charge >= 0.3 is 6.09 Å². The molecule has 0 radical (unpaired) electrons. The largest absolute Gasteiger partial charge is 0.444 e. The summed E-state index contributed by atoms with van der Waals surface area (Å²) >= 11 is 0. The highest BCUT2D eigenvalue weighted by molar-refractivity contribution is 5.69. The van der Waals surface area contributed by atoms with Crippen molar-refractivity contribution in [2.75, 3.05) is 6.54 Å². The van der Waals surface area contributed by atoms with Crippen LogP contribution < -0.4 is 0 Å². The number of hydrogen-bond acceptors (Lipinski definition) is 3. The molecule has 1 unspecified atom stereocenters. The summed E-state index contributed by atoms with van der Waals surface area (Å²) < 4.78 is 7.62. The maximum absolute atomic E-state index is 12.5. The summed E-state index contributed by atoms with van der Waals surface area (Å²) in [5.74, 6) is 0.881. The Morgan fingerprint density at radius 1 is 1.26 bits per heavy atom. The molecule has 1 fully saturated rings. The zero-order valence-electron chi connectivity index (χ0n) is 13.9. The van der Waals surface area contributed by atoms with Crippen LogP contribution >= 0.6 is 0 Å². The van der Waals surface area contributed by atoms with Crippen molar-refractivity contribution in [3.63, 3.8) is 0 Å². The molecule has 1 atom stereocenters. The predicted octanol–water partition coefficient (Wildman–Crippen LogP) is 4.08. The van der Waals surface area contributed by atoms with Crippen molar-refractivity contribution in [3.05, 3.63) is 42.7 Å². The number of ether oxygens (including phenoxy) is 1. The maximum Gasteiger partial charge on any atom is 0.411 e. The van der Waals surface area contributed by atoms with Crippen LogP contribution in [-0.2, 0) is 4.74 Å². The average Bonchev–Trinajstić information content (AvgIpc) is 3.15. The molecule has 1 aromatic carbocycles. The van der Waals surface area contributed by atoms with E-state index in [4.69, 9.17) is 4.74 Å². The van der Waals surface area contributed by atoms with Crippen LogP contribution in [0.2, 0.25) is 0 Å². The standard InChI is InChI=1S/C18H23N3O2/c1-18(2,3)23-17(22)21-12-7-10-15(21)20-13-11-19-16(20)14-8-5-4-6-9-14/h4-6,8-9,11,13,15H,7,10,12H2,1-3H3. The minimum absolute atomic E-state index is 0.0393. The van der Waals surface area contributed by atoms with Crippen molar-refractivity contribution in [2.45, 2.75) is 45.4 Å². The van der Waals surface area contributed by atoms with Crippen molar-refractivity contribution in [2.24, 2.45) is 0 Å². The summed E-state index contributed by atoms with van der Waals surface area (Å²) in [6.45, 7) is 6.39. The second-order valence-electron chi connectivity index (χ2n) is 6.82. The van der Waals surface area contributed by atoms with Crippen LogP contribution in [0.25, 0.3) is 11.4 Å². The van der Waals surface area contributed by atoms with Gasteiger partial charge < -0.3 is 9.30 Å². The van der Waals surface area contributed by atoms with Gasteiger partial charge in [-0.25, -0.2) is 9.78 Å². The third-order valence-corrected chi connectivity index (χ3v) is 3.87. The average molecular weight is 313 g/mol. The molecule has 5 nitrogen and oxygen atoms in total. The minimum Gasteiger partial charge on any atom is -0.444 e. The van der Waals surface area contributed by atoms with E-state index in [-0.39, 0.29) is 12.3 Å². The zero-order valence-corrected chi connectivity index (χ0v) is 13.9. The van der Waals surface area contributed by atoms with Gasteiger partial charge in [-0.15, -0.1) is 0 Å². The smallest absolute Gasteiger partial charge is 0.411 e. The van der Waals surface area contributed by atoms with Gasteiger partial charge in [0.25, 0.3) is 0 Å². The van der Waals surface area contributed by atoms with Gasteiger partial charge in [0.05, 0.1) is 0 Å². The third-order valence-electron chi connectivity index (χ3n) is 3.87. The SMILES string of the molecule is CC(C)(C)OC(=O)N1CCCC1n1ccnc1-c1ccccc1. The summed E-state index contributed by atoms with van der Waals surface area (Å²) in [5.41, 5.74) is 0.565. The molecule has 5 heteroatoms. The first kappa shape index (κ1) is 15.6. The highest BCUT2D eigenvalue weighted by atomic mass is 16.6. The number of hydrogen-bond donors (Lipinski definition) is 0. The molecule has 2 aromatic rings. The second kappa shape index (κ2) is 6.07. The molecule has 0 saturated carbocycles. The fourth-order valence-corrected chi connectivity index (χ4v) is 2.94.